The second kappa shape index (κ2) is 4.88. The Kier molecular flexibility index (Phi) is 3.73. The number of anilines is 1. The van der Waals surface area contributed by atoms with E-state index in [2.05, 4.69) is 62.0 Å². The average molecular weight is 333 g/mol. The van der Waals surface area contributed by atoms with Crippen LogP contribution in [0.25, 0.3) is 0 Å². The van der Waals surface area contributed by atoms with Crippen LogP contribution in [0, 0.1) is 5.92 Å². The van der Waals surface area contributed by atoms with Crippen LogP contribution in [-0.2, 0) is 5.33 Å². The zero-order chi connectivity index (χ0) is 10.8. The first-order chi connectivity index (χ1) is 7.20. The number of hydrogen-bond acceptors (Lipinski definition) is 1. The first-order valence-corrected chi connectivity index (χ1v) is 7.17. The highest BCUT2D eigenvalue weighted by Gasteiger charge is 2.23. The lowest BCUT2D eigenvalue weighted by atomic mass is 10.2. The van der Waals surface area contributed by atoms with Gasteiger partial charge in [-0.15, -0.1) is 0 Å². The fourth-order valence-electron chi connectivity index (χ4n) is 1.79. The van der Waals surface area contributed by atoms with Gasteiger partial charge in [0.2, 0.25) is 0 Å². The first kappa shape index (κ1) is 11.5. The van der Waals surface area contributed by atoms with Crippen LogP contribution < -0.4 is 4.90 Å². The fraction of sp³-hybridized carbons (Fsp3) is 0.500. The van der Waals surface area contributed by atoms with Crippen LogP contribution in [0.1, 0.15) is 18.4 Å². The summed E-state index contributed by atoms with van der Waals surface area (Å²) in [6.07, 6.45) is 2.81. The predicted molar refractivity (Wildman–Crippen MR) is 72.8 cm³/mol. The SMILES string of the molecule is CN(CC1CC1)c1cc(Br)ccc1CBr. The van der Waals surface area contributed by atoms with Gasteiger partial charge in [-0.25, -0.2) is 0 Å². The van der Waals surface area contributed by atoms with Crippen molar-refractivity contribution in [3.8, 4) is 0 Å². The van der Waals surface area contributed by atoms with E-state index in [0.29, 0.717) is 0 Å². The van der Waals surface area contributed by atoms with Crippen molar-refractivity contribution >= 4 is 37.5 Å². The smallest absolute Gasteiger partial charge is 0.0416 e. The summed E-state index contributed by atoms with van der Waals surface area (Å²) < 4.78 is 1.16. The van der Waals surface area contributed by atoms with E-state index in [1.54, 1.807) is 0 Å². The standard InChI is InChI=1S/C12H15Br2N/c1-15(8-9-2-3-9)12-6-11(14)5-4-10(12)7-13/h4-6,9H,2-3,7-8H2,1H3. The van der Waals surface area contributed by atoms with E-state index in [-0.39, 0.29) is 0 Å². The normalized spacial score (nSPS) is 15.4. The van der Waals surface area contributed by atoms with E-state index in [1.807, 2.05) is 0 Å². The van der Waals surface area contributed by atoms with Crippen molar-refractivity contribution in [3.63, 3.8) is 0 Å². The fourth-order valence-corrected chi connectivity index (χ4v) is 2.61. The Hall–Kier alpha value is -0.0200. The van der Waals surface area contributed by atoms with Gasteiger partial charge in [-0.1, -0.05) is 37.9 Å². The first-order valence-electron chi connectivity index (χ1n) is 5.26. The van der Waals surface area contributed by atoms with Crippen LogP contribution in [0.4, 0.5) is 5.69 Å². The Bertz CT molecular complexity index is 347. The van der Waals surface area contributed by atoms with Crippen molar-refractivity contribution in [3.05, 3.63) is 28.2 Å². The maximum absolute atomic E-state index is 3.54. The summed E-state index contributed by atoms with van der Waals surface area (Å²) in [5.41, 5.74) is 2.70. The van der Waals surface area contributed by atoms with E-state index < -0.39 is 0 Å². The molecule has 0 aromatic heterocycles. The average Bonchev–Trinajstić information content (AvgIpc) is 3.01. The monoisotopic (exact) mass is 331 g/mol. The Morgan fingerprint density at radius 1 is 1.40 bits per heavy atom. The van der Waals surface area contributed by atoms with E-state index in [1.165, 1.54) is 30.6 Å². The lowest BCUT2D eigenvalue weighted by Crippen LogP contribution is -2.21. The van der Waals surface area contributed by atoms with Gasteiger partial charge in [0, 0.05) is 29.1 Å². The second-order valence-electron chi connectivity index (χ2n) is 4.23. The molecule has 82 valence electrons. The second-order valence-corrected chi connectivity index (χ2v) is 5.71. The molecule has 1 fully saturated rings. The number of halogens is 2. The van der Waals surface area contributed by atoms with Gasteiger partial charge in [0.15, 0.2) is 0 Å². The summed E-state index contributed by atoms with van der Waals surface area (Å²) in [6.45, 7) is 1.19. The van der Waals surface area contributed by atoms with Crippen molar-refractivity contribution in [2.45, 2.75) is 18.2 Å². The summed E-state index contributed by atoms with van der Waals surface area (Å²) in [7, 11) is 2.19. The minimum atomic E-state index is 0.921. The summed E-state index contributed by atoms with van der Waals surface area (Å²) in [4.78, 5) is 2.37. The lowest BCUT2D eigenvalue weighted by Gasteiger charge is -2.22. The Morgan fingerprint density at radius 2 is 2.13 bits per heavy atom. The minimum absolute atomic E-state index is 0.921. The van der Waals surface area contributed by atoms with Crippen molar-refractivity contribution in [2.75, 3.05) is 18.5 Å². The molecule has 0 radical (unpaired) electrons. The Balaban J connectivity index is 2.18. The molecular weight excluding hydrogens is 318 g/mol. The van der Waals surface area contributed by atoms with Crippen molar-refractivity contribution in [1.29, 1.82) is 0 Å². The molecule has 2 rings (SSSR count). The number of rotatable bonds is 4. The molecule has 0 spiro atoms. The summed E-state index contributed by atoms with van der Waals surface area (Å²) in [5, 5.41) is 0.921. The van der Waals surface area contributed by atoms with Gasteiger partial charge in [0.25, 0.3) is 0 Å². The van der Waals surface area contributed by atoms with Gasteiger partial charge in [-0.05, 0) is 36.5 Å². The highest BCUT2D eigenvalue weighted by Crippen LogP contribution is 2.33. The predicted octanol–water partition coefficient (Wildman–Crippen LogP) is 4.19. The minimum Gasteiger partial charge on any atom is -0.374 e. The summed E-state index contributed by atoms with van der Waals surface area (Å²) in [5.74, 6) is 0.928. The summed E-state index contributed by atoms with van der Waals surface area (Å²) >= 11 is 7.07. The molecule has 0 aliphatic heterocycles. The molecule has 0 saturated heterocycles. The van der Waals surface area contributed by atoms with Crippen LogP contribution >= 0.6 is 31.9 Å². The topological polar surface area (TPSA) is 3.24 Å². The molecule has 3 heteroatoms. The van der Waals surface area contributed by atoms with Gasteiger partial charge < -0.3 is 4.90 Å². The molecule has 1 aliphatic carbocycles. The molecule has 0 N–H and O–H groups in total. The zero-order valence-corrected chi connectivity index (χ0v) is 12.0. The maximum Gasteiger partial charge on any atom is 0.0416 e. The summed E-state index contributed by atoms with van der Waals surface area (Å²) in [6, 6.07) is 6.49. The van der Waals surface area contributed by atoms with E-state index in [4.69, 9.17) is 0 Å². The van der Waals surface area contributed by atoms with Crippen molar-refractivity contribution in [2.24, 2.45) is 5.92 Å². The van der Waals surface area contributed by atoms with Crippen molar-refractivity contribution < 1.29 is 0 Å². The van der Waals surface area contributed by atoms with Crippen LogP contribution in [0.3, 0.4) is 0 Å². The van der Waals surface area contributed by atoms with E-state index in [0.717, 1.165) is 15.7 Å². The van der Waals surface area contributed by atoms with Crippen LogP contribution in [0.5, 0.6) is 0 Å². The van der Waals surface area contributed by atoms with Gasteiger partial charge in [-0.3, -0.25) is 0 Å². The molecule has 15 heavy (non-hydrogen) atoms. The molecule has 1 aliphatic rings. The molecule has 1 aromatic rings. The third kappa shape index (κ3) is 2.97. The van der Waals surface area contributed by atoms with Gasteiger partial charge in [0.05, 0.1) is 0 Å². The Labute approximate surface area is 108 Å². The third-order valence-corrected chi connectivity index (χ3v) is 3.93. The van der Waals surface area contributed by atoms with Crippen molar-refractivity contribution in [1.82, 2.24) is 0 Å². The van der Waals surface area contributed by atoms with Gasteiger partial charge in [0.1, 0.15) is 0 Å². The Morgan fingerprint density at radius 3 is 2.73 bits per heavy atom. The molecule has 1 aromatic carbocycles. The molecule has 0 amide bonds. The number of nitrogens with zero attached hydrogens (tertiary/aromatic N) is 1. The molecule has 1 nitrogen and oxygen atoms in total. The third-order valence-electron chi connectivity index (χ3n) is 2.83. The van der Waals surface area contributed by atoms with Gasteiger partial charge >= 0.3 is 0 Å². The lowest BCUT2D eigenvalue weighted by molar-refractivity contribution is 0.785. The molecular formula is C12H15Br2N. The largest absolute Gasteiger partial charge is 0.374 e. The number of benzene rings is 1. The molecule has 0 heterocycles. The maximum atomic E-state index is 3.54. The zero-order valence-electron chi connectivity index (χ0n) is 8.84. The number of alkyl halides is 1. The highest BCUT2D eigenvalue weighted by atomic mass is 79.9. The van der Waals surface area contributed by atoms with Gasteiger partial charge in [-0.2, -0.15) is 0 Å². The quantitative estimate of drug-likeness (QED) is 0.747. The molecule has 0 atom stereocenters. The highest BCUT2D eigenvalue weighted by molar-refractivity contribution is 9.10. The number of hydrogen-bond donors (Lipinski definition) is 0. The molecule has 1 saturated carbocycles. The van der Waals surface area contributed by atoms with Crippen LogP contribution in [0.15, 0.2) is 22.7 Å². The van der Waals surface area contributed by atoms with Crippen LogP contribution in [0.2, 0.25) is 0 Å². The molecule has 0 unspecified atom stereocenters. The van der Waals surface area contributed by atoms with E-state index >= 15 is 0 Å². The molecule has 0 bridgehead atoms. The van der Waals surface area contributed by atoms with E-state index in [9.17, 15) is 0 Å². The van der Waals surface area contributed by atoms with Crippen LogP contribution in [-0.4, -0.2) is 13.6 Å².